The number of halogens is 1. The second kappa shape index (κ2) is 7.58. The van der Waals surface area contributed by atoms with E-state index in [2.05, 4.69) is 10.2 Å². The fraction of sp³-hybridized carbons (Fsp3) is 0.316. The molecule has 0 radical (unpaired) electrons. The minimum absolute atomic E-state index is 0.0323. The zero-order valence-corrected chi connectivity index (χ0v) is 14.5. The summed E-state index contributed by atoms with van der Waals surface area (Å²) in [6.07, 6.45) is 2.39. The van der Waals surface area contributed by atoms with Crippen molar-refractivity contribution in [1.29, 1.82) is 0 Å². The van der Waals surface area contributed by atoms with E-state index in [1.807, 2.05) is 37.3 Å². The van der Waals surface area contributed by atoms with Crippen LogP contribution in [0.1, 0.15) is 18.4 Å². The van der Waals surface area contributed by atoms with Gasteiger partial charge < -0.3 is 15.0 Å². The SMILES string of the molecule is Cc1cc(OCC(=O)Nc2ccccc2N2CCCC2)ccc1Cl. The van der Waals surface area contributed by atoms with Crippen molar-refractivity contribution in [2.24, 2.45) is 0 Å². The van der Waals surface area contributed by atoms with E-state index in [4.69, 9.17) is 16.3 Å². The third kappa shape index (κ3) is 4.01. The Hall–Kier alpha value is -2.20. The van der Waals surface area contributed by atoms with E-state index in [1.165, 1.54) is 12.8 Å². The van der Waals surface area contributed by atoms with Crippen LogP contribution in [-0.4, -0.2) is 25.6 Å². The molecule has 0 aliphatic carbocycles. The van der Waals surface area contributed by atoms with Gasteiger partial charge in [0.2, 0.25) is 0 Å². The normalized spacial score (nSPS) is 13.8. The Balaban J connectivity index is 1.61. The van der Waals surface area contributed by atoms with Crippen LogP contribution in [0.15, 0.2) is 42.5 Å². The van der Waals surface area contributed by atoms with Gasteiger partial charge in [-0.1, -0.05) is 23.7 Å². The molecular formula is C19H21ClN2O2. The molecule has 1 saturated heterocycles. The first-order valence-corrected chi connectivity index (χ1v) is 8.54. The van der Waals surface area contributed by atoms with Crippen LogP contribution in [0.3, 0.4) is 0 Å². The van der Waals surface area contributed by atoms with Gasteiger partial charge in [0.15, 0.2) is 6.61 Å². The summed E-state index contributed by atoms with van der Waals surface area (Å²) in [6.45, 7) is 3.94. The van der Waals surface area contributed by atoms with E-state index in [0.29, 0.717) is 10.8 Å². The smallest absolute Gasteiger partial charge is 0.262 e. The van der Waals surface area contributed by atoms with Crippen LogP contribution in [0.4, 0.5) is 11.4 Å². The molecule has 1 heterocycles. The average Bonchev–Trinajstić information content (AvgIpc) is 3.11. The first-order chi connectivity index (χ1) is 11.6. The molecule has 5 heteroatoms. The van der Waals surface area contributed by atoms with Gasteiger partial charge in [-0.15, -0.1) is 0 Å². The molecule has 0 atom stereocenters. The Bertz CT molecular complexity index is 727. The van der Waals surface area contributed by atoms with Crippen molar-refractivity contribution < 1.29 is 9.53 Å². The summed E-state index contributed by atoms with van der Waals surface area (Å²) in [7, 11) is 0. The molecule has 3 rings (SSSR count). The third-order valence-electron chi connectivity index (χ3n) is 4.12. The fourth-order valence-electron chi connectivity index (χ4n) is 2.86. The quantitative estimate of drug-likeness (QED) is 0.880. The van der Waals surface area contributed by atoms with Crippen molar-refractivity contribution in [2.75, 3.05) is 29.9 Å². The van der Waals surface area contributed by atoms with E-state index in [9.17, 15) is 4.79 Å². The Morgan fingerprint density at radius 3 is 2.71 bits per heavy atom. The molecule has 1 aliphatic heterocycles. The second-order valence-electron chi connectivity index (χ2n) is 5.96. The van der Waals surface area contributed by atoms with Crippen LogP contribution in [0.25, 0.3) is 0 Å². The Morgan fingerprint density at radius 1 is 1.21 bits per heavy atom. The minimum Gasteiger partial charge on any atom is -0.484 e. The molecule has 0 aromatic heterocycles. The molecule has 2 aromatic rings. The molecule has 1 aliphatic rings. The molecule has 1 amide bonds. The van der Waals surface area contributed by atoms with Crippen LogP contribution in [0.2, 0.25) is 5.02 Å². The maximum absolute atomic E-state index is 12.2. The summed E-state index contributed by atoms with van der Waals surface area (Å²) in [5, 5.41) is 3.64. The van der Waals surface area contributed by atoms with E-state index in [1.54, 1.807) is 12.1 Å². The lowest BCUT2D eigenvalue weighted by Crippen LogP contribution is -2.24. The summed E-state index contributed by atoms with van der Waals surface area (Å²) < 4.78 is 5.56. The summed E-state index contributed by atoms with van der Waals surface area (Å²) in [5.41, 5.74) is 2.83. The molecule has 0 unspecified atom stereocenters. The highest BCUT2D eigenvalue weighted by atomic mass is 35.5. The number of carbonyl (C=O) groups is 1. The van der Waals surface area contributed by atoms with Crippen molar-refractivity contribution in [2.45, 2.75) is 19.8 Å². The molecule has 1 N–H and O–H groups in total. The number of para-hydroxylation sites is 2. The highest BCUT2D eigenvalue weighted by Crippen LogP contribution is 2.28. The standard InChI is InChI=1S/C19H21ClN2O2/c1-14-12-15(8-9-16(14)20)24-13-19(23)21-17-6-2-3-7-18(17)22-10-4-5-11-22/h2-3,6-9,12H,4-5,10-11,13H2,1H3,(H,21,23). The number of ether oxygens (including phenoxy) is 1. The van der Waals surface area contributed by atoms with Gasteiger partial charge in [-0.3, -0.25) is 4.79 Å². The van der Waals surface area contributed by atoms with E-state index in [-0.39, 0.29) is 12.5 Å². The van der Waals surface area contributed by atoms with Crippen molar-refractivity contribution >= 4 is 28.9 Å². The molecule has 2 aromatic carbocycles. The largest absolute Gasteiger partial charge is 0.484 e. The number of nitrogens with one attached hydrogen (secondary N) is 1. The third-order valence-corrected chi connectivity index (χ3v) is 4.55. The number of amides is 1. The van der Waals surface area contributed by atoms with Crippen LogP contribution in [0, 0.1) is 6.92 Å². The van der Waals surface area contributed by atoms with Gasteiger partial charge in [0.1, 0.15) is 5.75 Å². The predicted molar refractivity (Wildman–Crippen MR) is 98.2 cm³/mol. The molecule has 24 heavy (non-hydrogen) atoms. The highest BCUT2D eigenvalue weighted by Gasteiger charge is 2.16. The Kier molecular flexibility index (Phi) is 5.26. The first kappa shape index (κ1) is 16.7. The monoisotopic (exact) mass is 344 g/mol. The maximum Gasteiger partial charge on any atom is 0.262 e. The number of carbonyl (C=O) groups excluding carboxylic acids is 1. The molecule has 0 bridgehead atoms. The lowest BCUT2D eigenvalue weighted by atomic mass is 10.2. The van der Waals surface area contributed by atoms with Crippen LogP contribution in [0.5, 0.6) is 5.75 Å². The topological polar surface area (TPSA) is 41.6 Å². The zero-order chi connectivity index (χ0) is 16.9. The number of benzene rings is 2. The number of hydrogen-bond donors (Lipinski definition) is 1. The molecule has 126 valence electrons. The maximum atomic E-state index is 12.2. The summed E-state index contributed by atoms with van der Waals surface area (Å²) in [5.74, 6) is 0.467. The Labute approximate surface area is 147 Å². The van der Waals surface area contributed by atoms with Gasteiger partial charge in [-0.25, -0.2) is 0 Å². The van der Waals surface area contributed by atoms with Crippen LogP contribution >= 0.6 is 11.6 Å². The van der Waals surface area contributed by atoms with Gasteiger partial charge in [0, 0.05) is 18.1 Å². The van der Waals surface area contributed by atoms with Gasteiger partial charge in [0.05, 0.1) is 11.4 Å². The number of aryl methyl sites for hydroxylation is 1. The molecular weight excluding hydrogens is 324 g/mol. The molecule has 0 saturated carbocycles. The van der Waals surface area contributed by atoms with Gasteiger partial charge >= 0.3 is 0 Å². The number of anilines is 2. The number of nitrogens with zero attached hydrogens (tertiary/aromatic N) is 1. The number of hydrogen-bond acceptors (Lipinski definition) is 3. The highest BCUT2D eigenvalue weighted by molar-refractivity contribution is 6.31. The zero-order valence-electron chi connectivity index (χ0n) is 13.7. The van der Waals surface area contributed by atoms with E-state index < -0.39 is 0 Å². The molecule has 0 spiro atoms. The van der Waals surface area contributed by atoms with Crippen molar-refractivity contribution in [3.8, 4) is 5.75 Å². The Morgan fingerprint density at radius 2 is 1.96 bits per heavy atom. The second-order valence-corrected chi connectivity index (χ2v) is 6.37. The molecule has 4 nitrogen and oxygen atoms in total. The van der Waals surface area contributed by atoms with Gasteiger partial charge in [-0.2, -0.15) is 0 Å². The fourth-order valence-corrected chi connectivity index (χ4v) is 2.97. The van der Waals surface area contributed by atoms with E-state index >= 15 is 0 Å². The van der Waals surface area contributed by atoms with Crippen LogP contribution < -0.4 is 15.0 Å². The van der Waals surface area contributed by atoms with Crippen molar-refractivity contribution in [3.63, 3.8) is 0 Å². The summed E-state index contributed by atoms with van der Waals surface area (Å²) in [6, 6.07) is 13.3. The first-order valence-electron chi connectivity index (χ1n) is 8.16. The van der Waals surface area contributed by atoms with E-state index in [0.717, 1.165) is 30.0 Å². The summed E-state index contributed by atoms with van der Waals surface area (Å²) >= 11 is 5.99. The number of rotatable bonds is 5. The van der Waals surface area contributed by atoms with Crippen LogP contribution in [-0.2, 0) is 4.79 Å². The predicted octanol–water partition coefficient (Wildman–Crippen LogP) is 4.27. The van der Waals surface area contributed by atoms with Crippen molar-refractivity contribution in [1.82, 2.24) is 0 Å². The van der Waals surface area contributed by atoms with Gasteiger partial charge in [0.25, 0.3) is 5.91 Å². The average molecular weight is 345 g/mol. The minimum atomic E-state index is -0.172. The lowest BCUT2D eigenvalue weighted by molar-refractivity contribution is -0.118. The van der Waals surface area contributed by atoms with Crippen molar-refractivity contribution in [3.05, 3.63) is 53.1 Å². The molecule has 1 fully saturated rings. The summed E-state index contributed by atoms with van der Waals surface area (Å²) in [4.78, 5) is 14.5. The van der Waals surface area contributed by atoms with Gasteiger partial charge in [-0.05, 0) is 55.7 Å². The lowest BCUT2D eigenvalue weighted by Gasteiger charge is -2.21.